The molecule has 0 aliphatic carbocycles. The Morgan fingerprint density at radius 3 is 2.36 bits per heavy atom. The molecule has 0 fully saturated rings. The maximum absolute atomic E-state index is 5.86. The van der Waals surface area contributed by atoms with E-state index in [1.807, 2.05) is 18.2 Å². The van der Waals surface area contributed by atoms with Gasteiger partial charge in [-0.3, -0.25) is 4.99 Å². The van der Waals surface area contributed by atoms with Crippen LogP contribution in [0, 0.1) is 0 Å². The Morgan fingerprint density at radius 2 is 1.82 bits per heavy atom. The lowest BCUT2D eigenvalue weighted by Gasteiger charge is -2.19. The number of ether oxygens (including phenoxy) is 2. The lowest BCUT2D eigenvalue weighted by molar-refractivity contribution is 0.355. The van der Waals surface area contributed by atoms with Crippen LogP contribution in [-0.4, -0.2) is 38.8 Å². The third kappa shape index (κ3) is 7.69. The van der Waals surface area contributed by atoms with Crippen LogP contribution in [0.5, 0.6) is 11.5 Å². The second kappa shape index (κ2) is 9.73. The molecule has 0 aliphatic rings. The molecule has 1 aromatic rings. The normalized spacial score (nSPS) is 11.6. The molecule has 0 radical (unpaired) electrons. The van der Waals surface area contributed by atoms with Gasteiger partial charge in [0, 0.05) is 23.8 Å². The zero-order valence-electron chi connectivity index (χ0n) is 13.9. The molecule has 126 valence electrons. The Morgan fingerprint density at radius 1 is 1.18 bits per heavy atom. The Labute approximate surface area is 149 Å². The summed E-state index contributed by atoms with van der Waals surface area (Å²) in [5.41, 5.74) is 6.74. The highest BCUT2D eigenvalue weighted by Crippen LogP contribution is 2.29. The molecule has 0 unspecified atom stereocenters. The van der Waals surface area contributed by atoms with E-state index in [1.165, 1.54) is 0 Å². The molecule has 0 aromatic heterocycles. The highest BCUT2D eigenvalue weighted by molar-refractivity contribution is 14.0. The Balaban J connectivity index is 0.00000441. The van der Waals surface area contributed by atoms with Gasteiger partial charge in [0.15, 0.2) is 17.5 Å². The molecule has 0 spiro atoms. The second-order valence-electron chi connectivity index (χ2n) is 5.64. The van der Waals surface area contributed by atoms with E-state index < -0.39 is 0 Å². The second-order valence-corrected chi connectivity index (χ2v) is 5.64. The van der Waals surface area contributed by atoms with Crippen molar-refractivity contribution in [2.75, 3.05) is 32.6 Å². The van der Waals surface area contributed by atoms with Crippen molar-refractivity contribution in [1.82, 2.24) is 5.32 Å². The zero-order valence-corrected chi connectivity index (χ0v) is 16.2. The molecule has 6 nitrogen and oxygen atoms in total. The Hall–Kier alpha value is -1.22. The standard InChI is InChI=1S/C15H26N4O2.HI/c1-15(2,3)18-9-8-17-14(16)19-11-6-7-12(20-4)13(10-11)21-5;/h6-7,10,18H,8-9H2,1-5H3,(H3,16,17,19);1H. The number of benzene rings is 1. The van der Waals surface area contributed by atoms with E-state index in [-0.39, 0.29) is 29.5 Å². The number of anilines is 1. The number of guanidine groups is 1. The third-order valence-corrected chi connectivity index (χ3v) is 2.71. The number of halogens is 1. The van der Waals surface area contributed by atoms with Gasteiger partial charge in [0.1, 0.15) is 0 Å². The van der Waals surface area contributed by atoms with Crippen molar-refractivity contribution in [1.29, 1.82) is 0 Å². The molecule has 1 rings (SSSR count). The number of rotatable bonds is 6. The van der Waals surface area contributed by atoms with E-state index in [4.69, 9.17) is 15.2 Å². The molecule has 0 heterocycles. The molecular weight excluding hydrogens is 395 g/mol. The average Bonchev–Trinajstić information content (AvgIpc) is 2.42. The molecule has 0 bridgehead atoms. The zero-order chi connectivity index (χ0) is 15.9. The van der Waals surface area contributed by atoms with Crippen LogP contribution in [0.25, 0.3) is 0 Å². The molecule has 7 heteroatoms. The summed E-state index contributed by atoms with van der Waals surface area (Å²) in [4.78, 5) is 4.27. The van der Waals surface area contributed by atoms with E-state index in [0.717, 1.165) is 12.2 Å². The van der Waals surface area contributed by atoms with Gasteiger partial charge in [-0.15, -0.1) is 24.0 Å². The van der Waals surface area contributed by atoms with E-state index in [0.29, 0.717) is 24.0 Å². The van der Waals surface area contributed by atoms with Crippen molar-refractivity contribution in [2.45, 2.75) is 26.3 Å². The first-order chi connectivity index (χ1) is 9.85. The van der Waals surface area contributed by atoms with E-state index in [1.54, 1.807) is 14.2 Å². The quantitative estimate of drug-likeness (QED) is 0.284. The first-order valence-corrected chi connectivity index (χ1v) is 6.89. The maximum Gasteiger partial charge on any atom is 0.193 e. The van der Waals surface area contributed by atoms with Crippen molar-refractivity contribution in [2.24, 2.45) is 10.7 Å². The lowest BCUT2D eigenvalue weighted by atomic mass is 10.1. The van der Waals surface area contributed by atoms with Gasteiger partial charge in [-0.2, -0.15) is 0 Å². The number of nitrogens with zero attached hydrogens (tertiary/aromatic N) is 1. The van der Waals surface area contributed by atoms with Crippen molar-refractivity contribution in [3.8, 4) is 11.5 Å². The van der Waals surface area contributed by atoms with Crippen LogP contribution in [-0.2, 0) is 0 Å². The van der Waals surface area contributed by atoms with Crippen LogP contribution in [0.1, 0.15) is 20.8 Å². The molecule has 22 heavy (non-hydrogen) atoms. The topological polar surface area (TPSA) is 80.9 Å². The fourth-order valence-electron chi connectivity index (χ4n) is 1.71. The summed E-state index contributed by atoms with van der Waals surface area (Å²) in [5, 5.41) is 6.38. The molecule has 1 aromatic carbocycles. The summed E-state index contributed by atoms with van der Waals surface area (Å²) in [6, 6.07) is 5.49. The predicted octanol–water partition coefficient (Wildman–Crippen LogP) is 2.44. The number of hydrogen-bond acceptors (Lipinski definition) is 4. The first-order valence-electron chi connectivity index (χ1n) is 6.89. The minimum Gasteiger partial charge on any atom is -0.493 e. The predicted molar refractivity (Wildman–Crippen MR) is 103 cm³/mol. The van der Waals surface area contributed by atoms with Gasteiger partial charge in [0.05, 0.1) is 20.8 Å². The summed E-state index contributed by atoms with van der Waals surface area (Å²) in [6.07, 6.45) is 0. The van der Waals surface area contributed by atoms with Crippen LogP contribution >= 0.6 is 24.0 Å². The number of nitrogens with two attached hydrogens (primary N) is 1. The van der Waals surface area contributed by atoms with Crippen LogP contribution in [0.3, 0.4) is 0 Å². The molecule has 4 N–H and O–H groups in total. The van der Waals surface area contributed by atoms with Gasteiger partial charge in [0.25, 0.3) is 0 Å². The summed E-state index contributed by atoms with van der Waals surface area (Å²) >= 11 is 0. The minimum atomic E-state index is 0. The SMILES string of the molecule is COc1ccc(NC(N)=NCCNC(C)(C)C)cc1OC.I. The van der Waals surface area contributed by atoms with Crippen molar-refractivity contribution >= 4 is 35.6 Å². The molecule has 0 aliphatic heterocycles. The largest absolute Gasteiger partial charge is 0.493 e. The van der Waals surface area contributed by atoms with E-state index in [2.05, 4.69) is 36.4 Å². The summed E-state index contributed by atoms with van der Waals surface area (Å²) in [5.74, 6) is 1.69. The fourth-order valence-corrected chi connectivity index (χ4v) is 1.71. The minimum absolute atomic E-state index is 0. The molecule has 0 atom stereocenters. The number of methoxy groups -OCH3 is 2. The summed E-state index contributed by atoms with van der Waals surface area (Å²) in [6.45, 7) is 7.73. The van der Waals surface area contributed by atoms with Gasteiger partial charge in [0.2, 0.25) is 0 Å². The number of aliphatic imine (C=N–C) groups is 1. The average molecular weight is 422 g/mol. The summed E-state index contributed by atoms with van der Waals surface area (Å²) in [7, 11) is 3.19. The van der Waals surface area contributed by atoms with Gasteiger partial charge in [-0.05, 0) is 32.9 Å². The molecule has 0 amide bonds. The third-order valence-electron chi connectivity index (χ3n) is 2.71. The van der Waals surface area contributed by atoms with Crippen molar-refractivity contribution in [3.63, 3.8) is 0 Å². The van der Waals surface area contributed by atoms with E-state index in [9.17, 15) is 0 Å². The van der Waals surface area contributed by atoms with E-state index >= 15 is 0 Å². The fraction of sp³-hybridized carbons (Fsp3) is 0.533. The Bertz CT molecular complexity index is 487. The molecule has 0 saturated heterocycles. The van der Waals surface area contributed by atoms with Crippen molar-refractivity contribution < 1.29 is 9.47 Å². The highest BCUT2D eigenvalue weighted by Gasteiger charge is 2.07. The van der Waals surface area contributed by atoms with Gasteiger partial charge < -0.3 is 25.8 Å². The maximum atomic E-state index is 5.86. The number of hydrogen-bond donors (Lipinski definition) is 3. The van der Waals surface area contributed by atoms with Gasteiger partial charge in [-0.1, -0.05) is 0 Å². The molecule has 0 saturated carbocycles. The van der Waals surface area contributed by atoms with Gasteiger partial charge in [-0.25, -0.2) is 0 Å². The van der Waals surface area contributed by atoms with Crippen molar-refractivity contribution in [3.05, 3.63) is 18.2 Å². The Kier molecular flexibility index (Phi) is 9.19. The summed E-state index contributed by atoms with van der Waals surface area (Å²) < 4.78 is 10.4. The highest BCUT2D eigenvalue weighted by atomic mass is 127. The number of nitrogens with one attached hydrogen (secondary N) is 2. The van der Waals surface area contributed by atoms with Crippen LogP contribution in [0.4, 0.5) is 5.69 Å². The van der Waals surface area contributed by atoms with Crippen LogP contribution < -0.4 is 25.8 Å². The first kappa shape index (κ1) is 20.8. The molecular formula is C15H27IN4O2. The monoisotopic (exact) mass is 422 g/mol. The van der Waals surface area contributed by atoms with Crippen LogP contribution in [0.15, 0.2) is 23.2 Å². The smallest absolute Gasteiger partial charge is 0.193 e. The van der Waals surface area contributed by atoms with Gasteiger partial charge >= 0.3 is 0 Å². The lowest BCUT2D eigenvalue weighted by Crippen LogP contribution is -2.37. The van der Waals surface area contributed by atoms with Crippen LogP contribution in [0.2, 0.25) is 0 Å².